The molecule has 1 saturated carbocycles. The summed E-state index contributed by atoms with van der Waals surface area (Å²) in [7, 11) is 1.30. The Morgan fingerprint density at radius 3 is 2.40 bits per heavy atom. The van der Waals surface area contributed by atoms with Crippen molar-refractivity contribution in [2.45, 2.75) is 32.4 Å². The van der Waals surface area contributed by atoms with Gasteiger partial charge in [0.05, 0.1) is 24.1 Å². The van der Waals surface area contributed by atoms with Crippen molar-refractivity contribution in [2.75, 3.05) is 20.2 Å². The molecule has 2 fully saturated rings. The molecule has 2 aliphatic rings. The van der Waals surface area contributed by atoms with Crippen LogP contribution in [0.2, 0.25) is 0 Å². The lowest BCUT2D eigenvalue weighted by molar-refractivity contribution is 0.0602. The van der Waals surface area contributed by atoms with Crippen LogP contribution in [0, 0.1) is 24.6 Å². The number of benzene rings is 1. The first-order valence-electron chi connectivity index (χ1n) is 13.1. The van der Waals surface area contributed by atoms with Gasteiger partial charge in [-0.25, -0.2) is 19.2 Å². The number of amides is 1. The minimum absolute atomic E-state index is 0.0711. The number of hydrogen-bond acceptors (Lipinski definition) is 7. The van der Waals surface area contributed by atoms with E-state index in [1.54, 1.807) is 39.9 Å². The van der Waals surface area contributed by atoms with Crippen LogP contribution in [0.3, 0.4) is 0 Å². The average Bonchev–Trinajstić information content (AvgIpc) is 3.23. The zero-order valence-corrected chi connectivity index (χ0v) is 22.7. The fourth-order valence-corrected chi connectivity index (χ4v) is 5.44. The number of nitrogens with two attached hydrogens (primary N) is 1. The van der Waals surface area contributed by atoms with Crippen LogP contribution < -0.4 is 10.5 Å². The van der Waals surface area contributed by atoms with Crippen molar-refractivity contribution >= 4 is 17.5 Å². The number of rotatable bonds is 6. The molecule has 1 saturated heterocycles. The number of aromatic nitrogens is 3. The topological polar surface area (TPSA) is 112 Å². The van der Waals surface area contributed by atoms with Crippen LogP contribution in [0.25, 0.3) is 16.9 Å². The number of piperidine rings is 1. The number of likely N-dealkylation sites (tertiary alicyclic amines) is 1. The van der Waals surface area contributed by atoms with Gasteiger partial charge in [0.25, 0.3) is 5.91 Å². The smallest absolute Gasteiger partial charge is 0.341 e. The molecule has 206 valence electrons. The summed E-state index contributed by atoms with van der Waals surface area (Å²) in [6.45, 7) is 6.71. The summed E-state index contributed by atoms with van der Waals surface area (Å²) in [6.07, 6.45) is 3.40. The van der Waals surface area contributed by atoms with Crippen molar-refractivity contribution in [2.24, 2.45) is 17.6 Å². The van der Waals surface area contributed by atoms with Gasteiger partial charge >= 0.3 is 5.97 Å². The number of aryl methyl sites for hydroxylation is 1. The molecule has 10 heteroatoms. The van der Waals surface area contributed by atoms with E-state index in [4.69, 9.17) is 15.2 Å². The summed E-state index contributed by atoms with van der Waals surface area (Å²) in [4.78, 5) is 36.7. The molecule has 1 aromatic carbocycles. The zero-order valence-electron chi connectivity index (χ0n) is 22.7. The summed E-state index contributed by atoms with van der Waals surface area (Å²) in [5.41, 5.74) is 9.86. The summed E-state index contributed by atoms with van der Waals surface area (Å²) in [6, 6.07) is 11.4. The first kappa shape index (κ1) is 25.9. The lowest BCUT2D eigenvalue weighted by Gasteiger charge is -2.23. The molecule has 3 aromatic heterocycles. The maximum absolute atomic E-state index is 13.5. The molecule has 1 unspecified atom stereocenters. The number of pyridine rings is 2. The van der Waals surface area contributed by atoms with Crippen molar-refractivity contribution in [3.05, 3.63) is 83.1 Å². The molecule has 6 rings (SSSR count). The van der Waals surface area contributed by atoms with E-state index in [2.05, 4.69) is 9.97 Å². The average molecular weight is 544 g/mol. The van der Waals surface area contributed by atoms with Crippen LogP contribution >= 0.6 is 0 Å². The van der Waals surface area contributed by atoms with E-state index in [9.17, 15) is 14.0 Å². The largest absolute Gasteiger partial charge is 0.474 e. The number of ether oxygens (including phenoxy) is 2. The van der Waals surface area contributed by atoms with Crippen LogP contribution in [0.1, 0.15) is 45.8 Å². The fraction of sp³-hybridized carbons (Fsp3) is 0.333. The van der Waals surface area contributed by atoms with Gasteiger partial charge in [0.15, 0.2) is 5.65 Å². The monoisotopic (exact) mass is 543 g/mol. The number of halogens is 1. The van der Waals surface area contributed by atoms with Crippen molar-refractivity contribution in [3.63, 3.8) is 0 Å². The third-order valence-electron chi connectivity index (χ3n) is 7.67. The lowest BCUT2D eigenvalue weighted by Crippen LogP contribution is -2.33. The predicted octanol–water partition coefficient (Wildman–Crippen LogP) is 3.97. The van der Waals surface area contributed by atoms with Crippen LogP contribution in [0.15, 0.2) is 54.9 Å². The van der Waals surface area contributed by atoms with Gasteiger partial charge in [-0.3, -0.25) is 4.79 Å². The summed E-state index contributed by atoms with van der Waals surface area (Å²) in [5.74, 6) is -0.215. The van der Waals surface area contributed by atoms with E-state index in [1.807, 2.05) is 32.9 Å². The molecule has 1 amide bonds. The van der Waals surface area contributed by atoms with Crippen molar-refractivity contribution in [1.82, 2.24) is 19.3 Å². The van der Waals surface area contributed by atoms with E-state index in [1.165, 1.54) is 19.2 Å². The number of esters is 1. The van der Waals surface area contributed by atoms with Crippen molar-refractivity contribution in [1.29, 1.82) is 0 Å². The van der Waals surface area contributed by atoms with Gasteiger partial charge in [0, 0.05) is 54.5 Å². The minimum Gasteiger partial charge on any atom is -0.474 e. The normalized spacial score (nSPS) is 19.9. The van der Waals surface area contributed by atoms with Gasteiger partial charge in [-0.15, -0.1) is 0 Å². The molecule has 3 atom stereocenters. The van der Waals surface area contributed by atoms with E-state index < -0.39 is 11.5 Å². The molecule has 0 spiro atoms. The van der Waals surface area contributed by atoms with Gasteiger partial charge in [-0.05, 0) is 62.7 Å². The van der Waals surface area contributed by atoms with Gasteiger partial charge in [-0.2, -0.15) is 0 Å². The highest BCUT2D eigenvalue weighted by Crippen LogP contribution is 2.48. The van der Waals surface area contributed by atoms with Crippen LogP contribution in [0.5, 0.6) is 5.88 Å². The molecule has 9 nitrogen and oxygen atoms in total. The summed E-state index contributed by atoms with van der Waals surface area (Å²) >= 11 is 0. The first-order valence-corrected chi connectivity index (χ1v) is 13.1. The number of carbonyl (C=O) groups excluding carboxylic acids is 2. The molecule has 40 heavy (non-hydrogen) atoms. The highest BCUT2D eigenvalue weighted by Gasteiger charge is 2.59. The zero-order chi connectivity index (χ0) is 28.3. The van der Waals surface area contributed by atoms with Crippen LogP contribution in [-0.4, -0.2) is 57.4 Å². The number of nitrogens with zero attached hydrogens (tertiary/aromatic N) is 4. The van der Waals surface area contributed by atoms with Crippen LogP contribution in [0.4, 0.5) is 4.39 Å². The molecular formula is C30H30FN5O4. The van der Waals surface area contributed by atoms with E-state index >= 15 is 0 Å². The number of imidazole rings is 1. The number of methoxy groups -OCH3 is 1. The first-order chi connectivity index (χ1) is 19.0. The number of fused-ring (bicyclic) bond motifs is 2. The van der Waals surface area contributed by atoms with Gasteiger partial charge in [0.1, 0.15) is 17.5 Å². The van der Waals surface area contributed by atoms with Gasteiger partial charge < -0.3 is 24.5 Å². The Morgan fingerprint density at radius 1 is 1.05 bits per heavy atom. The van der Waals surface area contributed by atoms with Crippen molar-refractivity contribution < 1.29 is 23.5 Å². The second-order valence-corrected chi connectivity index (χ2v) is 11.2. The van der Waals surface area contributed by atoms with E-state index in [0.717, 1.165) is 16.8 Å². The summed E-state index contributed by atoms with van der Waals surface area (Å²) in [5, 5.41) is 0. The van der Waals surface area contributed by atoms with E-state index in [-0.39, 0.29) is 35.2 Å². The highest BCUT2D eigenvalue weighted by molar-refractivity contribution is 6.01. The van der Waals surface area contributed by atoms with Gasteiger partial charge in [0.2, 0.25) is 5.88 Å². The van der Waals surface area contributed by atoms with Crippen LogP contribution in [-0.2, 0) is 10.3 Å². The Hall–Kier alpha value is -4.31. The lowest BCUT2D eigenvalue weighted by atomic mass is 9.95. The maximum Gasteiger partial charge on any atom is 0.341 e. The summed E-state index contributed by atoms with van der Waals surface area (Å²) < 4.78 is 26.4. The molecule has 1 aliphatic heterocycles. The number of carbonyl (C=O) groups is 2. The van der Waals surface area contributed by atoms with E-state index in [0.29, 0.717) is 35.9 Å². The second kappa shape index (κ2) is 9.41. The maximum atomic E-state index is 13.5. The fourth-order valence-electron chi connectivity index (χ4n) is 5.44. The third-order valence-corrected chi connectivity index (χ3v) is 7.67. The SMILES string of the molecule is COC(=O)c1cc(C(=O)N2C[C@@H]3C(Oc4cc(C(C)(C)N)cc(-c5ccc(F)cc5)n4)[C@@H]3C2)cn2cc(C)nc12. The minimum atomic E-state index is -0.629. The Kier molecular flexibility index (Phi) is 6.10. The molecule has 1 aliphatic carbocycles. The molecular weight excluding hydrogens is 513 g/mol. The Morgan fingerprint density at radius 2 is 1.75 bits per heavy atom. The quantitative estimate of drug-likeness (QED) is 0.366. The molecule has 0 radical (unpaired) electrons. The highest BCUT2D eigenvalue weighted by atomic mass is 19.1. The molecule has 2 N–H and O–H groups in total. The third kappa shape index (κ3) is 4.68. The Labute approximate surface area is 230 Å². The number of hydrogen-bond donors (Lipinski definition) is 1. The second-order valence-electron chi connectivity index (χ2n) is 11.2. The molecule has 0 bridgehead atoms. The van der Waals surface area contributed by atoms with Crippen molar-refractivity contribution in [3.8, 4) is 17.1 Å². The molecule has 4 aromatic rings. The predicted molar refractivity (Wildman–Crippen MR) is 145 cm³/mol. The standard InChI is InChI=1S/C30H30FN5O4/c1-16-12-35-13-18(9-21(27(35)33-16)29(38)39-4)28(37)36-14-22-23(15-36)26(22)40-25-11-19(30(2,3)32)10-24(34-25)17-5-7-20(31)8-6-17/h5-13,22-23,26H,14-15,32H2,1-4H3/t22-,23+,26?. The Balaban J connectivity index is 1.19. The van der Waals surface area contributed by atoms with Gasteiger partial charge in [-0.1, -0.05) is 0 Å². The Bertz CT molecular complexity index is 1630. The molecule has 4 heterocycles.